The molecule has 1 saturated heterocycles. The fourth-order valence-electron chi connectivity index (χ4n) is 2.80. The Hall–Kier alpha value is -1.18. The Morgan fingerprint density at radius 3 is 2.88 bits per heavy atom. The Labute approximate surface area is 144 Å². The summed E-state index contributed by atoms with van der Waals surface area (Å²) < 4.78 is 39.4. The molecule has 136 valence electrons. The van der Waals surface area contributed by atoms with Crippen LogP contribution in [-0.4, -0.2) is 44.7 Å². The van der Waals surface area contributed by atoms with Crippen LogP contribution >= 0.6 is 11.8 Å². The van der Waals surface area contributed by atoms with Crippen molar-refractivity contribution in [2.45, 2.75) is 57.0 Å². The summed E-state index contributed by atoms with van der Waals surface area (Å²) in [5.74, 6) is 1.03. The number of rotatable bonds is 6. The highest BCUT2D eigenvalue weighted by Crippen LogP contribution is 2.29. The minimum Gasteiger partial charge on any atom is -0.340 e. The highest BCUT2D eigenvalue weighted by atomic mass is 32.2. The van der Waals surface area contributed by atoms with Gasteiger partial charge in [0.25, 0.3) is 0 Å². The Balaban J connectivity index is 1.96. The molecule has 24 heavy (non-hydrogen) atoms. The summed E-state index contributed by atoms with van der Waals surface area (Å²) in [6.07, 6.45) is 0.629. The Kier molecular flexibility index (Phi) is 6.60. The fraction of sp³-hybridized carbons (Fsp3) is 0.750. The van der Waals surface area contributed by atoms with Crippen molar-refractivity contribution in [3.8, 4) is 0 Å². The molecule has 0 radical (unpaired) electrons. The smallest absolute Gasteiger partial charge is 0.340 e. The van der Waals surface area contributed by atoms with Crippen molar-refractivity contribution >= 4 is 17.7 Å². The summed E-state index contributed by atoms with van der Waals surface area (Å²) in [6.45, 7) is 5.11. The number of likely N-dealkylation sites (tertiary alicyclic amines) is 1. The maximum atomic E-state index is 12.7. The second-order valence-electron chi connectivity index (χ2n) is 6.13. The minimum atomic E-state index is -4.43. The van der Waals surface area contributed by atoms with E-state index in [0.29, 0.717) is 13.1 Å². The maximum absolute atomic E-state index is 12.7. The second-order valence-corrected chi connectivity index (χ2v) is 7.57. The lowest BCUT2D eigenvalue weighted by Crippen LogP contribution is -2.44. The summed E-state index contributed by atoms with van der Waals surface area (Å²) >= 11 is 1.64. The molecule has 0 aromatic carbocycles. The molecular weight excluding hydrogens is 339 g/mol. The van der Waals surface area contributed by atoms with Gasteiger partial charge in [0, 0.05) is 19.3 Å². The molecule has 0 unspecified atom stereocenters. The molecule has 0 bridgehead atoms. The summed E-state index contributed by atoms with van der Waals surface area (Å²) in [4.78, 5) is 14.3. The van der Waals surface area contributed by atoms with Crippen LogP contribution in [-0.2, 0) is 11.0 Å². The molecule has 1 aliphatic rings. The van der Waals surface area contributed by atoms with Gasteiger partial charge in [-0.3, -0.25) is 9.48 Å². The van der Waals surface area contributed by atoms with Gasteiger partial charge in [0.2, 0.25) is 5.91 Å². The zero-order chi connectivity index (χ0) is 17.7. The van der Waals surface area contributed by atoms with E-state index in [1.807, 2.05) is 6.92 Å². The number of halogens is 3. The quantitative estimate of drug-likeness (QED) is 0.718. The molecular formula is C16H24F3N3OS. The van der Waals surface area contributed by atoms with Crippen molar-refractivity contribution in [3.05, 3.63) is 18.0 Å². The van der Waals surface area contributed by atoms with Crippen molar-refractivity contribution in [2.24, 2.45) is 0 Å². The summed E-state index contributed by atoms with van der Waals surface area (Å²) in [5.41, 5.74) is -0.880. The SMILES string of the molecule is CCCCS[C@H](C)C(=O)N1CCC[C@@H](n2ccc(C(F)(F)F)n2)C1. The monoisotopic (exact) mass is 363 g/mol. The largest absolute Gasteiger partial charge is 0.435 e. The molecule has 0 spiro atoms. The molecule has 2 rings (SSSR count). The van der Waals surface area contributed by atoms with E-state index < -0.39 is 11.9 Å². The molecule has 2 heterocycles. The molecule has 1 aromatic rings. The van der Waals surface area contributed by atoms with Gasteiger partial charge in [-0.1, -0.05) is 13.3 Å². The van der Waals surface area contributed by atoms with Crippen LogP contribution in [0.15, 0.2) is 12.3 Å². The predicted octanol–water partition coefficient (Wildman–Crippen LogP) is 3.99. The highest BCUT2D eigenvalue weighted by Gasteiger charge is 2.35. The van der Waals surface area contributed by atoms with Crippen LogP contribution in [0.1, 0.15) is 51.3 Å². The zero-order valence-electron chi connectivity index (χ0n) is 14.1. The van der Waals surface area contributed by atoms with E-state index in [1.54, 1.807) is 16.7 Å². The van der Waals surface area contributed by atoms with Gasteiger partial charge in [0.15, 0.2) is 5.69 Å². The van der Waals surface area contributed by atoms with Crippen LogP contribution in [0, 0.1) is 0 Å². The average molecular weight is 363 g/mol. The summed E-state index contributed by atoms with van der Waals surface area (Å²) in [5, 5.41) is 3.54. The number of aromatic nitrogens is 2. The first kappa shape index (κ1) is 19.1. The van der Waals surface area contributed by atoms with Crippen LogP contribution in [0.25, 0.3) is 0 Å². The van der Waals surface area contributed by atoms with Gasteiger partial charge in [-0.25, -0.2) is 0 Å². The van der Waals surface area contributed by atoms with E-state index in [4.69, 9.17) is 0 Å². The average Bonchev–Trinajstić information content (AvgIpc) is 3.04. The fourth-order valence-corrected chi connectivity index (χ4v) is 3.90. The Morgan fingerprint density at radius 1 is 1.50 bits per heavy atom. The molecule has 8 heteroatoms. The number of thioether (sulfide) groups is 1. The van der Waals surface area contributed by atoms with E-state index in [2.05, 4.69) is 12.0 Å². The van der Waals surface area contributed by atoms with Gasteiger partial charge < -0.3 is 4.90 Å². The van der Waals surface area contributed by atoms with Crippen molar-refractivity contribution in [1.82, 2.24) is 14.7 Å². The van der Waals surface area contributed by atoms with Crippen LogP contribution in [0.4, 0.5) is 13.2 Å². The van der Waals surface area contributed by atoms with Gasteiger partial charge >= 0.3 is 6.18 Å². The second kappa shape index (κ2) is 8.27. The molecule has 2 atom stereocenters. The van der Waals surface area contributed by atoms with Crippen LogP contribution in [0.5, 0.6) is 0 Å². The van der Waals surface area contributed by atoms with Gasteiger partial charge in [-0.15, -0.1) is 11.8 Å². The predicted molar refractivity (Wildman–Crippen MR) is 88.9 cm³/mol. The first-order chi connectivity index (χ1) is 11.3. The third-order valence-corrected chi connectivity index (χ3v) is 5.42. The summed E-state index contributed by atoms with van der Waals surface area (Å²) in [6, 6.07) is 0.802. The number of amides is 1. The zero-order valence-corrected chi connectivity index (χ0v) is 14.9. The number of hydrogen-bond acceptors (Lipinski definition) is 3. The van der Waals surface area contributed by atoms with Crippen LogP contribution in [0.3, 0.4) is 0 Å². The number of piperidine rings is 1. The molecule has 1 aromatic heterocycles. The number of unbranched alkanes of at least 4 members (excludes halogenated alkanes) is 1. The van der Waals surface area contributed by atoms with Gasteiger partial charge in [-0.05, 0) is 38.0 Å². The van der Waals surface area contributed by atoms with E-state index in [-0.39, 0.29) is 17.2 Å². The number of carbonyl (C=O) groups excluding carboxylic acids is 1. The Morgan fingerprint density at radius 2 is 2.25 bits per heavy atom. The van der Waals surface area contributed by atoms with Crippen LogP contribution < -0.4 is 0 Å². The van der Waals surface area contributed by atoms with E-state index >= 15 is 0 Å². The normalized spacial score (nSPS) is 20.2. The van der Waals surface area contributed by atoms with Gasteiger partial charge in [-0.2, -0.15) is 18.3 Å². The molecule has 0 aliphatic carbocycles. The number of carbonyl (C=O) groups is 1. The third-order valence-electron chi connectivity index (χ3n) is 4.19. The van der Waals surface area contributed by atoms with Gasteiger partial charge in [0.05, 0.1) is 11.3 Å². The molecule has 1 aliphatic heterocycles. The van der Waals surface area contributed by atoms with Crippen molar-refractivity contribution in [2.75, 3.05) is 18.8 Å². The lowest BCUT2D eigenvalue weighted by molar-refractivity contribution is -0.142. The summed E-state index contributed by atoms with van der Waals surface area (Å²) in [7, 11) is 0. The van der Waals surface area contributed by atoms with E-state index in [1.165, 1.54) is 10.9 Å². The first-order valence-electron chi connectivity index (χ1n) is 8.35. The minimum absolute atomic E-state index is 0.0732. The van der Waals surface area contributed by atoms with E-state index in [0.717, 1.165) is 37.5 Å². The molecule has 0 saturated carbocycles. The molecule has 4 nitrogen and oxygen atoms in total. The van der Waals surface area contributed by atoms with Crippen molar-refractivity contribution in [1.29, 1.82) is 0 Å². The first-order valence-corrected chi connectivity index (χ1v) is 9.40. The maximum Gasteiger partial charge on any atom is 0.435 e. The molecule has 1 amide bonds. The number of hydrogen-bond donors (Lipinski definition) is 0. The Bertz CT molecular complexity index is 547. The lowest BCUT2D eigenvalue weighted by Gasteiger charge is -2.34. The number of nitrogens with zero attached hydrogens (tertiary/aromatic N) is 3. The molecule has 1 fully saturated rings. The number of alkyl halides is 3. The van der Waals surface area contributed by atoms with Crippen LogP contribution in [0.2, 0.25) is 0 Å². The highest BCUT2D eigenvalue weighted by molar-refractivity contribution is 8.00. The van der Waals surface area contributed by atoms with E-state index in [9.17, 15) is 18.0 Å². The lowest BCUT2D eigenvalue weighted by atomic mass is 10.1. The van der Waals surface area contributed by atoms with Gasteiger partial charge in [0.1, 0.15) is 0 Å². The topological polar surface area (TPSA) is 38.1 Å². The standard InChI is InChI=1S/C16H24F3N3OS/c1-3-4-10-24-12(2)15(23)21-8-5-6-13(11-21)22-9-7-14(20-22)16(17,18)19/h7,9,12-13H,3-6,8,10-11H2,1-2H3/t12-,13-/m1/s1. The van der Waals surface area contributed by atoms with Crippen molar-refractivity contribution < 1.29 is 18.0 Å². The van der Waals surface area contributed by atoms with Crippen molar-refractivity contribution in [3.63, 3.8) is 0 Å². The third kappa shape index (κ3) is 4.91. The molecule has 0 N–H and O–H groups in total.